The number of carbonyl (C=O) groups excluding carboxylic acids is 10. The Morgan fingerprint density at radius 2 is 1.08 bits per heavy atom. The highest BCUT2D eigenvalue weighted by molar-refractivity contribution is 8.77. The molecule has 0 spiro atoms. The molecule has 7 rings (SSSR count). The molecule has 1 aliphatic carbocycles. The molecule has 4 aromatic rings. The Morgan fingerprint density at radius 1 is 0.636 bits per heavy atom. The van der Waals surface area contributed by atoms with Crippen molar-refractivity contribution in [1.82, 2.24) is 60.8 Å². The van der Waals surface area contributed by atoms with Gasteiger partial charge < -0.3 is 50.3 Å². The molecule has 2 saturated heterocycles. The molecule has 2 aromatic heterocycles. The van der Waals surface area contributed by atoms with Gasteiger partial charge in [-0.1, -0.05) is 73.5 Å². The van der Waals surface area contributed by atoms with E-state index in [2.05, 4.69) is 41.2 Å². The third kappa shape index (κ3) is 12.2. The van der Waals surface area contributed by atoms with E-state index in [-0.39, 0.29) is 23.6 Å². The number of rotatable bonds is 6. The van der Waals surface area contributed by atoms with Gasteiger partial charge in [-0.2, -0.15) is 0 Å². The van der Waals surface area contributed by atoms with Gasteiger partial charge in [-0.15, -0.1) is 0 Å². The Hall–Kier alpha value is -7.48. The van der Waals surface area contributed by atoms with Crippen LogP contribution in [0.3, 0.4) is 0 Å². The highest BCUT2D eigenvalue weighted by Crippen LogP contribution is 2.55. The standard InChI is InChI=1S/C51H62N12O12S2/c1-25(2)39-48(71)74-22-36(59-42(65)34-21-53-30-16-12-14-18-32(30)57-34)44(67)55-28(6)46(69)63(10)51-19-38(51)77-76-24-37(47(70)61(39)8)60(7)45(68)27(5)54-43(66)35(23-75-49(72)40(26(3)4)62(9)50(51)73)58-41(64)33-20-52-29-15-11-13-17-31(29)56-33/h11-18,20-21,25-28,35-40H,19,22-24H2,1-10H3,(H,54,66)(H,55,67)(H,58,64)(H,59,65)/t27-,28-,35+,36+,37-,38?,39-,40-,51-/m0/s1. The molecule has 24 nitrogen and oxygen atoms in total. The fourth-order valence-electron chi connectivity index (χ4n) is 9.31. The predicted octanol–water partition coefficient (Wildman–Crippen LogP) is 0.737. The largest absolute Gasteiger partial charge is 0.461 e. The average molecular weight is 1100 g/mol. The highest BCUT2D eigenvalue weighted by atomic mass is 33.1. The van der Waals surface area contributed by atoms with Gasteiger partial charge >= 0.3 is 11.9 Å². The van der Waals surface area contributed by atoms with Crippen LogP contribution < -0.4 is 21.3 Å². The van der Waals surface area contributed by atoms with Crippen LogP contribution in [0.5, 0.6) is 0 Å². The molecule has 9 atom stereocenters. The second-order valence-corrected chi connectivity index (χ2v) is 22.5. The normalized spacial score (nSPS) is 26.9. The van der Waals surface area contributed by atoms with Crippen molar-refractivity contribution in [3.63, 3.8) is 0 Å². The van der Waals surface area contributed by atoms with Crippen LogP contribution in [0.2, 0.25) is 0 Å². The summed E-state index contributed by atoms with van der Waals surface area (Å²) in [4.78, 5) is 166. The van der Waals surface area contributed by atoms with Crippen molar-refractivity contribution in [2.24, 2.45) is 11.8 Å². The number of carbonyl (C=O) groups is 10. The lowest BCUT2D eigenvalue weighted by atomic mass is 10.0. The third-order valence-corrected chi connectivity index (χ3v) is 16.7. The SMILES string of the molecule is CC(C)[C@H]1C(=O)OC[C@@H](NC(=O)c2cnc3ccccc3n2)C(=O)N[C@@H](C)C(=O)N(C)[C@@]23CC2SSC[C@@H](C(=O)N1C)N(C)C(=O)[C@H](C)NC(=O)[C@H](NC(=O)c1cnc2ccccc2n1)COC(=O)[C@H](C(C)C)N(C)C3=O. The van der Waals surface area contributed by atoms with E-state index in [0.717, 1.165) is 36.3 Å². The topological polar surface area (TPSA) is 302 Å². The number of amides is 8. The maximum atomic E-state index is 15.2. The first-order valence-corrected chi connectivity index (χ1v) is 27.2. The molecule has 26 heteroatoms. The first kappa shape index (κ1) is 57.2. The number of para-hydroxylation sites is 4. The van der Waals surface area contributed by atoms with Crippen molar-refractivity contribution in [2.75, 3.05) is 47.2 Å². The van der Waals surface area contributed by atoms with Crippen LogP contribution in [0.4, 0.5) is 0 Å². The summed E-state index contributed by atoms with van der Waals surface area (Å²) in [6.07, 6.45) is 2.45. The molecule has 77 heavy (non-hydrogen) atoms. The van der Waals surface area contributed by atoms with Crippen molar-refractivity contribution in [2.45, 2.75) is 101 Å². The molecule has 1 saturated carbocycles. The molecule has 2 aliphatic heterocycles. The van der Waals surface area contributed by atoms with E-state index in [0.29, 0.717) is 22.1 Å². The van der Waals surface area contributed by atoms with E-state index < -0.39 is 137 Å². The monoisotopic (exact) mass is 1100 g/mol. The number of likely N-dealkylation sites (N-methyl/N-ethyl adjacent to an activating group) is 4. The number of hydrogen-bond acceptors (Lipinski definition) is 18. The lowest BCUT2D eigenvalue weighted by Crippen LogP contribution is -2.61. The van der Waals surface area contributed by atoms with Gasteiger partial charge in [0.05, 0.1) is 39.7 Å². The summed E-state index contributed by atoms with van der Waals surface area (Å²) in [5.74, 6) is -9.94. The Labute approximate surface area is 451 Å². The van der Waals surface area contributed by atoms with Gasteiger partial charge in [0, 0.05) is 33.9 Å². The van der Waals surface area contributed by atoms with Gasteiger partial charge in [0.1, 0.15) is 72.4 Å². The Balaban J connectivity index is 1.27. The van der Waals surface area contributed by atoms with Gasteiger partial charge in [-0.3, -0.25) is 48.3 Å². The van der Waals surface area contributed by atoms with E-state index >= 15 is 4.79 Å². The first-order valence-electron chi connectivity index (χ1n) is 24.8. The molecule has 3 fully saturated rings. The number of cyclic esters (lactones) is 2. The number of benzene rings is 2. The van der Waals surface area contributed by atoms with Gasteiger partial charge in [0.2, 0.25) is 35.4 Å². The zero-order chi connectivity index (χ0) is 56.2. The number of ether oxygens (including phenoxy) is 2. The lowest BCUT2D eigenvalue weighted by Gasteiger charge is -2.38. The predicted molar refractivity (Wildman–Crippen MR) is 282 cm³/mol. The highest BCUT2D eigenvalue weighted by Gasteiger charge is 2.67. The number of nitrogens with zero attached hydrogens (tertiary/aromatic N) is 8. The lowest BCUT2D eigenvalue weighted by molar-refractivity contribution is -0.161. The summed E-state index contributed by atoms with van der Waals surface area (Å²) in [6.45, 7) is 7.79. The van der Waals surface area contributed by atoms with Gasteiger partial charge in [-0.25, -0.2) is 19.6 Å². The van der Waals surface area contributed by atoms with Crippen molar-refractivity contribution in [3.8, 4) is 0 Å². The summed E-state index contributed by atoms with van der Waals surface area (Å²) in [5.41, 5.74) is -0.267. The van der Waals surface area contributed by atoms with Crippen molar-refractivity contribution >= 4 is 103 Å². The van der Waals surface area contributed by atoms with Crippen molar-refractivity contribution in [3.05, 3.63) is 72.3 Å². The fraction of sp³-hybridized carbons (Fsp3) is 0.490. The minimum atomic E-state index is -1.67. The molecule has 1 unspecified atom stereocenters. The van der Waals surface area contributed by atoms with Gasteiger partial charge in [0.25, 0.3) is 11.8 Å². The minimum Gasteiger partial charge on any atom is -0.461 e. The van der Waals surface area contributed by atoms with Crippen LogP contribution in [0.15, 0.2) is 60.9 Å². The van der Waals surface area contributed by atoms with E-state index in [1.54, 1.807) is 76.2 Å². The van der Waals surface area contributed by atoms with Crippen molar-refractivity contribution < 1.29 is 57.4 Å². The van der Waals surface area contributed by atoms with Crippen LogP contribution >= 0.6 is 21.6 Å². The fourth-order valence-corrected chi connectivity index (χ4v) is 12.6. The van der Waals surface area contributed by atoms with Crippen LogP contribution in [-0.2, 0) is 47.8 Å². The molecule has 3 aliphatic rings. The number of aromatic nitrogens is 4. The Bertz CT molecular complexity index is 3000. The van der Waals surface area contributed by atoms with Crippen LogP contribution in [0, 0.1) is 11.8 Å². The molecule has 4 heterocycles. The van der Waals surface area contributed by atoms with E-state index in [4.69, 9.17) is 9.47 Å². The van der Waals surface area contributed by atoms with Crippen molar-refractivity contribution in [1.29, 1.82) is 0 Å². The zero-order valence-corrected chi connectivity index (χ0v) is 45.8. The molecular formula is C51H62N12O12S2. The quantitative estimate of drug-likeness (QED) is 0.153. The molecular weight excluding hydrogens is 1040 g/mol. The van der Waals surface area contributed by atoms with Gasteiger partial charge in [0.15, 0.2) is 0 Å². The maximum absolute atomic E-state index is 15.2. The number of fused-ring (bicyclic) bond motifs is 5. The van der Waals surface area contributed by atoms with E-state index in [9.17, 15) is 43.2 Å². The second kappa shape index (κ2) is 23.8. The maximum Gasteiger partial charge on any atom is 0.329 e. The summed E-state index contributed by atoms with van der Waals surface area (Å²) >= 11 is 0. The van der Waals surface area contributed by atoms with Crippen LogP contribution in [0.25, 0.3) is 22.1 Å². The third-order valence-electron chi connectivity index (χ3n) is 13.8. The molecule has 2 aromatic carbocycles. The Morgan fingerprint density at radius 3 is 1.55 bits per heavy atom. The summed E-state index contributed by atoms with van der Waals surface area (Å²) in [5, 5.41) is 9.56. The van der Waals surface area contributed by atoms with Crippen LogP contribution in [-0.4, -0.2) is 199 Å². The molecule has 0 radical (unpaired) electrons. The van der Waals surface area contributed by atoms with E-state index in [1.165, 1.54) is 59.3 Å². The first-order chi connectivity index (χ1) is 36.5. The zero-order valence-electron chi connectivity index (χ0n) is 44.2. The average Bonchev–Trinajstić information content (AvgIpc) is 4.18. The Kier molecular flexibility index (Phi) is 17.7. The molecule has 8 amide bonds. The summed E-state index contributed by atoms with van der Waals surface area (Å²) < 4.78 is 11.5. The number of esters is 2. The van der Waals surface area contributed by atoms with Crippen LogP contribution in [0.1, 0.15) is 68.9 Å². The summed E-state index contributed by atoms with van der Waals surface area (Å²) in [7, 11) is 7.72. The number of hydrogen-bond donors (Lipinski definition) is 4. The molecule has 410 valence electrons. The minimum absolute atomic E-state index is 0.0361. The smallest absolute Gasteiger partial charge is 0.329 e. The summed E-state index contributed by atoms with van der Waals surface area (Å²) in [6, 6.07) is 3.51. The van der Waals surface area contributed by atoms with E-state index in [1.807, 2.05) is 0 Å². The molecule has 2 bridgehead atoms. The second-order valence-electron chi connectivity index (χ2n) is 19.9. The molecule has 4 N–H and O–H groups in total. The van der Waals surface area contributed by atoms with Gasteiger partial charge in [-0.05, 0) is 56.4 Å². The number of nitrogens with one attached hydrogen (secondary N) is 4.